The lowest BCUT2D eigenvalue weighted by Gasteiger charge is -2.35. The summed E-state index contributed by atoms with van der Waals surface area (Å²) in [7, 11) is 3.89. The predicted octanol–water partition coefficient (Wildman–Crippen LogP) is 2.43. The van der Waals surface area contributed by atoms with Gasteiger partial charge >= 0.3 is 5.97 Å². The van der Waals surface area contributed by atoms with Gasteiger partial charge in [-0.3, -0.25) is 4.79 Å². The molecule has 1 rings (SSSR count). The summed E-state index contributed by atoms with van der Waals surface area (Å²) >= 11 is 0. The highest BCUT2D eigenvalue weighted by molar-refractivity contribution is 5.85. The minimum Gasteiger partial charge on any atom is -0.481 e. The topological polar surface area (TPSA) is 40.5 Å². The van der Waals surface area contributed by atoms with E-state index in [0.717, 1.165) is 25.7 Å². The molecule has 1 saturated carbocycles. The fraction of sp³-hybridized carbons (Fsp3) is 0.900. The number of rotatable bonds is 3. The van der Waals surface area contributed by atoms with E-state index in [2.05, 4.69) is 0 Å². The fourth-order valence-electron chi connectivity index (χ4n) is 2.27. The minimum absolute atomic E-state index is 0. The first-order valence-electron chi connectivity index (χ1n) is 4.95. The molecule has 1 aliphatic carbocycles. The molecule has 15 heavy (non-hydrogen) atoms. The van der Waals surface area contributed by atoms with Gasteiger partial charge in [-0.1, -0.05) is 19.3 Å². The number of hydrogen-bond acceptors (Lipinski definition) is 2. The summed E-state index contributed by atoms with van der Waals surface area (Å²) in [6.07, 6.45) is 5.03. The lowest BCUT2D eigenvalue weighted by atomic mass is 9.74. The van der Waals surface area contributed by atoms with Gasteiger partial charge in [-0.05, 0) is 26.9 Å². The highest BCUT2D eigenvalue weighted by Gasteiger charge is 2.39. The van der Waals surface area contributed by atoms with E-state index >= 15 is 0 Å². The van der Waals surface area contributed by atoms with Crippen LogP contribution in [-0.4, -0.2) is 36.6 Å². The van der Waals surface area contributed by atoms with Gasteiger partial charge in [0.2, 0.25) is 0 Å². The highest BCUT2D eigenvalue weighted by atomic mass is 35.5. The zero-order valence-electron chi connectivity index (χ0n) is 9.36. The molecule has 0 unspecified atom stereocenters. The first-order chi connectivity index (χ1) is 6.07. The Bertz CT molecular complexity index is 192. The molecule has 0 atom stereocenters. The van der Waals surface area contributed by atoms with Crippen LogP contribution in [0, 0.1) is 5.41 Å². The summed E-state index contributed by atoms with van der Waals surface area (Å²) in [4.78, 5) is 13.2. The van der Waals surface area contributed by atoms with E-state index in [-0.39, 0.29) is 24.8 Å². The third-order valence-corrected chi connectivity index (χ3v) is 2.88. The van der Waals surface area contributed by atoms with Gasteiger partial charge < -0.3 is 10.0 Å². The molecular weight excluding hydrogens is 237 g/mol. The smallest absolute Gasteiger partial charge is 0.310 e. The average Bonchev–Trinajstić information content (AvgIpc) is 2.04. The molecule has 1 aliphatic rings. The molecule has 1 fully saturated rings. The zero-order chi connectivity index (χ0) is 9.90. The first kappa shape index (κ1) is 17.4. The SMILES string of the molecule is CN(C)CC1(C(=O)O)CCCCC1.Cl.Cl. The quantitative estimate of drug-likeness (QED) is 0.845. The standard InChI is InChI=1S/C10H19NO2.2ClH/c1-11(2)8-10(9(12)13)6-4-3-5-7-10;;/h3-8H2,1-2H3,(H,12,13);2*1H. The second-order valence-electron chi connectivity index (χ2n) is 4.38. The van der Waals surface area contributed by atoms with Gasteiger partial charge in [0.15, 0.2) is 0 Å². The zero-order valence-corrected chi connectivity index (χ0v) is 11.0. The van der Waals surface area contributed by atoms with Gasteiger partial charge in [-0.2, -0.15) is 0 Å². The second kappa shape index (κ2) is 7.31. The van der Waals surface area contributed by atoms with Crippen LogP contribution in [0.15, 0.2) is 0 Å². The summed E-state index contributed by atoms with van der Waals surface area (Å²) < 4.78 is 0. The highest BCUT2D eigenvalue weighted by Crippen LogP contribution is 2.36. The van der Waals surface area contributed by atoms with Gasteiger partial charge in [0.1, 0.15) is 0 Å². The third-order valence-electron chi connectivity index (χ3n) is 2.88. The van der Waals surface area contributed by atoms with Crippen LogP contribution in [-0.2, 0) is 4.79 Å². The van der Waals surface area contributed by atoms with E-state index in [1.807, 2.05) is 19.0 Å². The van der Waals surface area contributed by atoms with Crippen LogP contribution in [0.2, 0.25) is 0 Å². The maximum Gasteiger partial charge on any atom is 0.310 e. The maximum absolute atomic E-state index is 11.2. The lowest BCUT2D eigenvalue weighted by molar-refractivity contribution is -0.152. The summed E-state index contributed by atoms with van der Waals surface area (Å²) in [5.41, 5.74) is -0.457. The van der Waals surface area contributed by atoms with Crippen LogP contribution in [0.25, 0.3) is 0 Å². The Hall–Kier alpha value is 0.01000. The molecule has 0 aromatic rings. The largest absolute Gasteiger partial charge is 0.481 e. The van der Waals surface area contributed by atoms with Crippen molar-refractivity contribution in [1.29, 1.82) is 0 Å². The van der Waals surface area contributed by atoms with E-state index in [4.69, 9.17) is 0 Å². The Morgan fingerprint density at radius 3 is 2.00 bits per heavy atom. The average molecular weight is 258 g/mol. The number of hydrogen-bond donors (Lipinski definition) is 1. The van der Waals surface area contributed by atoms with Crippen LogP contribution >= 0.6 is 24.8 Å². The van der Waals surface area contributed by atoms with E-state index in [1.54, 1.807) is 0 Å². The molecule has 5 heteroatoms. The van der Waals surface area contributed by atoms with Crippen molar-refractivity contribution in [3.63, 3.8) is 0 Å². The van der Waals surface area contributed by atoms with Crippen molar-refractivity contribution in [1.82, 2.24) is 4.90 Å². The molecule has 1 N–H and O–H groups in total. The van der Waals surface area contributed by atoms with E-state index < -0.39 is 11.4 Å². The molecule has 0 heterocycles. The molecule has 3 nitrogen and oxygen atoms in total. The number of carboxylic acid groups (broad SMARTS) is 1. The predicted molar refractivity (Wildman–Crippen MR) is 66.2 cm³/mol. The van der Waals surface area contributed by atoms with Crippen molar-refractivity contribution in [2.24, 2.45) is 5.41 Å². The van der Waals surface area contributed by atoms with E-state index in [0.29, 0.717) is 6.54 Å². The molecule has 0 aromatic carbocycles. The molecule has 92 valence electrons. The Kier molecular flexibility index (Phi) is 8.48. The van der Waals surface area contributed by atoms with Gasteiger partial charge in [0.05, 0.1) is 5.41 Å². The Labute approximate surface area is 104 Å². The lowest BCUT2D eigenvalue weighted by Crippen LogP contribution is -2.42. The number of halogens is 2. The second-order valence-corrected chi connectivity index (χ2v) is 4.38. The van der Waals surface area contributed by atoms with Crippen LogP contribution in [0.5, 0.6) is 0 Å². The fourth-order valence-corrected chi connectivity index (χ4v) is 2.27. The number of carbonyl (C=O) groups is 1. The van der Waals surface area contributed by atoms with Crippen LogP contribution in [0.4, 0.5) is 0 Å². The Morgan fingerprint density at radius 2 is 1.67 bits per heavy atom. The van der Waals surface area contributed by atoms with E-state index in [9.17, 15) is 9.90 Å². The molecule has 0 radical (unpaired) electrons. The normalized spacial score (nSPS) is 18.9. The van der Waals surface area contributed by atoms with Crippen LogP contribution < -0.4 is 0 Å². The summed E-state index contributed by atoms with van der Waals surface area (Å²) in [5, 5.41) is 9.21. The summed E-state index contributed by atoms with van der Waals surface area (Å²) in [6.45, 7) is 0.683. The maximum atomic E-state index is 11.2. The number of carboxylic acids is 1. The van der Waals surface area contributed by atoms with Crippen molar-refractivity contribution in [3.8, 4) is 0 Å². The number of aliphatic carboxylic acids is 1. The molecule has 0 bridgehead atoms. The summed E-state index contributed by atoms with van der Waals surface area (Å²) in [6, 6.07) is 0. The summed E-state index contributed by atoms with van der Waals surface area (Å²) in [5.74, 6) is -0.610. The minimum atomic E-state index is -0.610. The molecule has 0 spiro atoms. The van der Waals surface area contributed by atoms with Crippen molar-refractivity contribution < 1.29 is 9.90 Å². The Balaban J connectivity index is 0. The van der Waals surface area contributed by atoms with Crippen LogP contribution in [0.3, 0.4) is 0 Å². The van der Waals surface area contributed by atoms with Gasteiger partial charge in [-0.15, -0.1) is 24.8 Å². The molecular formula is C10H21Cl2NO2. The Morgan fingerprint density at radius 1 is 1.20 bits per heavy atom. The van der Waals surface area contributed by atoms with Gasteiger partial charge in [-0.25, -0.2) is 0 Å². The first-order valence-corrected chi connectivity index (χ1v) is 4.95. The van der Waals surface area contributed by atoms with Crippen molar-refractivity contribution >= 4 is 30.8 Å². The molecule has 0 amide bonds. The molecule has 0 aromatic heterocycles. The number of nitrogens with zero attached hydrogens (tertiary/aromatic N) is 1. The third kappa shape index (κ3) is 4.58. The van der Waals surface area contributed by atoms with E-state index in [1.165, 1.54) is 6.42 Å². The van der Waals surface area contributed by atoms with Gasteiger partial charge in [0.25, 0.3) is 0 Å². The molecule has 0 saturated heterocycles. The van der Waals surface area contributed by atoms with Crippen molar-refractivity contribution in [2.45, 2.75) is 32.1 Å². The van der Waals surface area contributed by atoms with Gasteiger partial charge in [0, 0.05) is 6.54 Å². The van der Waals surface area contributed by atoms with Crippen molar-refractivity contribution in [2.75, 3.05) is 20.6 Å². The van der Waals surface area contributed by atoms with Crippen molar-refractivity contribution in [3.05, 3.63) is 0 Å². The van der Waals surface area contributed by atoms with Crippen LogP contribution in [0.1, 0.15) is 32.1 Å². The monoisotopic (exact) mass is 257 g/mol. The molecule has 0 aliphatic heterocycles.